The van der Waals surface area contributed by atoms with Crippen LogP contribution in [0.5, 0.6) is 0 Å². The molecule has 14 heavy (non-hydrogen) atoms. The van der Waals surface area contributed by atoms with Gasteiger partial charge in [-0.1, -0.05) is 0 Å². The summed E-state index contributed by atoms with van der Waals surface area (Å²) in [5.41, 5.74) is 0. The van der Waals surface area contributed by atoms with Crippen LogP contribution in [0.15, 0.2) is 0 Å². The summed E-state index contributed by atoms with van der Waals surface area (Å²) in [4.78, 5) is 31.0. The Kier molecular flexibility index (Phi) is 4.06. The first-order valence-corrected chi connectivity index (χ1v) is 3.39. The molecule has 0 fully saturated rings. The largest absolute Gasteiger partial charge is 0.471 e. The average molecular weight is 212 g/mol. The number of hydrogen-bond acceptors (Lipinski definition) is 3. The molecule has 0 aliphatic carbocycles. The monoisotopic (exact) mass is 212 g/mol. The molecule has 0 rings (SSSR count). The van der Waals surface area contributed by atoms with Crippen LogP contribution in [-0.4, -0.2) is 30.4 Å². The molecule has 0 radical (unpaired) electrons. The molecule has 0 heterocycles. The van der Waals surface area contributed by atoms with E-state index in [0.29, 0.717) is 0 Å². The van der Waals surface area contributed by atoms with Crippen LogP contribution in [0.1, 0.15) is 6.92 Å². The molecule has 0 unspecified atom stereocenters. The maximum atomic E-state index is 11.6. The molecule has 0 aromatic rings. The molecule has 0 aromatic heterocycles. The number of carbonyl (C=O) groups excluding carboxylic acids is 3. The average Bonchev–Trinajstić information content (AvgIpc) is 1.96. The molecule has 0 aliphatic rings. The van der Waals surface area contributed by atoms with Crippen molar-refractivity contribution in [3.8, 4) is 0 Å². The van der Waals surface area contributed by atoms with Gasteiger partial charge in [0.15, 0.2) is 0 Å². The number of imide groups is 1. The fourth-order valence-corrected chi connectivity index (χ4v) is 0.501. The van der Waals surface area contributed by atoms with Gasteiger partial charge in [0.25, 0.3) is 0 Å². The lowest BCUT2D eigenvalue weighted by atomic mass is 10.5. The number of hydrogen-bond donors (Lipinski definition) is 2. The fraction of sp³-hybridized carbons (Fsp3) is 0.500. The summed E-state index contributed by atoms with van der Waals surface area (Å²) in [7, 11) is 0. The topological polar surface area (TPSA) is 75.3 Å². The summed E-state index contributed by atoms with van der Waals surface area (Å²) >= 11 is 0. The molecule has 0 saturated heterocycles. The van der Waals surface area contributed by atoms with E-state index in [-0.39, 0.29) is 0 Å². The minimum absolute atomic E-state index is 0.712. The lowest BCUT2D eigenvalue weighted by Gasteiger charge is -2.06. The summed E-state index contributed by atoms with van der Waals surface area (Å²) in [6.07, 6.45) is -5.03. The minimum atomic E-state index is -5.03. The molecule has 5 nitrogen and oxygen atoms in total. The number of carbonyl (C=O) groups is 3. The molecular formula is C6H7F3N2O3. The zero-order valence-corrected chi connectivity index (χ0v) is 7.07. The van der Waals surface area contributed by atoms with Gasteiger partial charge in [-0.15, -0.1) is 0 Å². The highest BCUT2D eigenvalue weighted by molar-refractivity contribution is 5.96. The van der Waals surface area contributed by atoms with Gasteiger partial charge in [-0.2, -0.15) is 13.2 Å². The first-order valence-electron chi connectivity index (χ1n) is 3.39. The predicted octanol–water partition coefficient (Wildman–Crippen LogP) is -0.672. The van der Waals surface area contributed by atoms with Crippen LogP contribution in [0, 0.1) is 0 Å². The molecule has 0 saturated carbocycles. The normalized spacial score (nSPS) is 10.6. The van der Waals surface area contributed by atoms with Crippen LogP contribution in [-0.2, 0) is 14.4 Å². The number of halogens is 3. The summed E-state index contributed by atoms with van der Waals surface area (Å²) < 4.78 is 34.7. The highest BCUT2D eigenvalue weighted by Gasteiger charge is 2.38. The van der Waals surface area contributed by atoms with E-state index in [1.807, 2.05) is 0 Å². The van der Waals surface area contributed by atoms with Crippen molar-refractivity contribution in [3.63, 3.8) is 0 Å². The Morgan fingerprint density at radius 1 is 1.21 bits per heavy atom. The fourth-order valence-electron chi connectivity index (χ4n) is 0.501. The SMILES string of the molecule is CC(=O)NC(=O)CNC(=O)C(F)(F)F. The van der Waals surface area contributed by atoms with Crippen LogP contribution >= 0.6 is 0 Å². The van der Waals surface area contributed by atoms with Crippen molar-refractivity contribution in [1.82, 2.24) is 10.6 Å². The Labute approximate surface area is 76.6 Å². The Morgan fingerprint density at radius 2 is 1.71 bits per heavy atom. The minimum Gasteiger partial charge on any atom is -0.339 e. The number of amides is 3. The Hall–Kier alpha value is -1.60. The van der Waals surface area contributed by atoms with Crippen molar-refractivity contribution in [2.45, 2.75) is 13.1 Å². The van der Waals surface area contributed by atoms with Gasteiger partial charge in [0, 0.05) is 6.92 Å². The van der Waals surface area contributed by atoms with Gasteiger partial charge < -0.3 is 5.32 Å². The molecule has 0 aromatic carbocycles. The lowest BCUT2D eigenvalue weighted by molar-refractivity contribution is -0.173. The standard InChI is InChI=1S/C6H7F3N2O3/c1-3(12)11-4(13)2-10-5(14)6(7,8)9/h2H2,1H3,(H,10,14)(H,11,12,13). The summed E-state index contributed by atoms with van der Waals surface area (Å²) in [5, 5.41) is 2.99. The maximum Gasteiger partial charge on any atom is 0.471 e. The molecule has 80 valence electrons. The van der Waals surface area contributed by atoms with E-state index in [2.05, 4.69) is 0 Å². The second-order valence-electron chi connectivity index (χ2n) is 2.28. The Bertz CT molecular complexity index is 262. The van der Waals surface area contributed by atoms with E-state index in [9.17, 15) is 27.6 Å². The van der Waals surface area contributed by atoms with Crippen molar-refractivity contribution < 1.29 is 27.6 Å². The zero-order valence-electron chi connectivity index (χ0n) is 7.07. The van der Waals surface area contributed by atoms with E-state index in [0.717, 1.165) is 6.92 Å². The Balaban J connectivity index is 3.90. The smallest absolute Gasteiger partial charge is 0.339 e. The highest BCUT2D eigenvalue weighted by Crippen LogP contribution is 2.13. The molecular weight excluding hydrogens is 205 g/mol. The van der Waals surface area contributed by atoms with Crippen molar-refractivity contribution in [2.75, 3.05) is 6.54 Å². The molecule has 0 bridgehead atoms. The van der Waals surface area contributed by atoms with E-state index >= 15 is 0 Å². The number of alkyl halides is 3. The summed E-state index contributed by atoms with van der Waals surface area (Å²) in [5.74, 6) is -3.94. The lowest BCUT2D eigenvalue weighted by Crippen LogP contribution is -2.43. The van der Waals surface area contributed by atoms with Crippen molar-refractivity contribution in [1.29, 1.82) is 0 Å². The highest BCUT2D eigenvalue weighted by atomic mass is 19.4. The van der Waals surface area contributed by atoms with Gasteiger partial charge in [0.1, 0.15) is 0 Å². The number of nitrogens with one attached hydrogen (secondary N) is 2. The first-order chi connectivity index (χ1) is 6.23. The van der Waals surface area contributed by atoms with Gasteiger partial charge in [0.05, 0.1) is 6.54 Å². The second kappa shape index (κ2) is 4.58. The van der Waals surface area contributed by atoms with Gasteiger partial charge in [-0.25, -0.2) is 0 Å². The van der Waals surface area contributed by atoms with Crippen molar-refractivity contribution >= 4 is 17.7 Å². The third-order valence-corrected chi connectivity index (χ3v) is 0.982. The molecule has 2 N–H and O–H groups in total. The predicted molar refractivity (Wildman–Crippen MR) is 37.9 cm³/mol. The van der Waals surface area contributed by atoms with E-state index in [4.69, 9.17) is 0 Å². The molecule has 8 heteroatoms. The van der Waals surface area contributed by atoms with Crippen LogP contribution in [0.4, 0.5) is 13.2 Å². The van der Waals surface area contributed by atoms with Crippen molar-refractivity contribution in [2.24, 2.45) is 0 Å². The quantitative estimate of drug-likeness (QED) is 0.637. The number of rotatable bonds is 2. The second-order valence-corrected chi connectivity index (χ2v) is 2.28. The van der Waals surface area contributed by atoms with E-state index in [1.165, 1.54) is 5.32 Å². The van der Waals surface area contributed by atoms with E-state index < -0.39 is 30.4 Å². The summed E-state index contributed by atoms with van der Waals surface area (Å²) in [6, 6.07) is 0. The summed E-state index contributed by atoms with van der Waals surface area (Å²) in [6.45, 7) is 0.126. The Morgan fingerprint density at radius 3 is 2.07 bits per heavy atom. The molecule has 0 spiro atoms. The van der Waals surface area contributed by atoms with Crippen molar-refractivity contribution in [3.05, 3.63) is 0 Å². The van der Waals surface area contributed by atoms with Crippen LogP contribution in [0.25, 0.3) is 0 Å². The first kappa shape index (κ1) is 12.4. The van der Waals surface area contributed by atoms with Gasteiger partial charge >= 0.3 is 12.1 Å². The third kappa shape index (κ3) is 5.12. The van der Waals surface area contributed by atoms with Gasteiger partial charge in [-0.3, -0.25) is 19.7 Å². The van der Waals surface area contributed by atoms with Crippen LogP contribution in [0.2, 0.25) is 0 Å². The zero-order chi connectivity index (χ0) is 11.4. The van der Waals surface area contributed by atoms with E-state index in [1.54, 1.807) is 5.32 Å². The molecule has 0 atom stereocenters. The van der Waals surface area contributed by atoms with Crippen LogP contribution in [0.3, 0.4) is 0 Å². The molecule has 0 aliphatic heterocycles. The van der Waals surface area contributed by atoms with Gasteiger partial charge in [-0.05, 0) is 0 Å². The molecule has 3 amide bonds. The third-order valence-electron chi connectivity index (χ3n) is 0.982. The van der Waals surface area contributed by atoms with Crippen LogP contribution < -0.4 is 10.6 Å². The van der Waals surface area contributed by atoms with Gasteiger partial charge in [0.2, 0.25) is 11.8 Å². The maximum absolute atomic E-state index is 11.6.